The Balaban J connectivity index is 1.52. The fourth-order valence-electron chi connectivity index (χ4n) is 3.80. The zero-order valence-corrected chi connectivity index (χ0v) is 19.3. The van der Waals surface area contributed by atoms with Crippen molar-refractivity contribution >= 4 is 43.8 Å². The second-order valence-corrected chi connectivity index (χ2v) is 8.97. The first-order chi connectivity index (χ1) is 16.5. The van der Waals surface area contributed by atoms with Crippen molar-refractivity contribution in [2.24, 2.45) is 0 Å². The number of non-ortho nitro benzene ring substituents is 1. The first kappa shape index (κ1) is 24.4. The van der Waals surface area contributed by atoms with E-state index in [-0.39, 0.29) is 22.3 Å². The summed E-state index contributed by atoms with van der Waals surface area (Å²) in [4.78, 5) is 44.9. The highest BCUT2D eigenvalue weighted by atomic mass is 32.1. The Morgan fingerprint density at radius 3 is 2.43 bits per heavy atom. The Labute approximate surface area is 201 Å². The summed E-state index contributed by atoms with van der Waals surface area (Å²) in [6.45, 7) is 1.51. The highest BCUT2D eigenvalue weighted by Crippen LogP contribution is 2.38. The van der Waals surface area contributed by atoms with Crippen LogP contribution in [-0.2, 0) is 11.0 Å². The molecule has 13 heteroatoms. The van der Waals surface area contributed by atoms with Crippen LogP contribution in [0.25, 0.3) is 10.1 Å². The summed E-state index contributed by atoms with van der Waals surface area (Å²) in [5.41, 5.74) is -2.13. The zero-order valence-electron chi connectivity index (χ0n) is 18.5. The van der Waals surface area contributed by atoms with Gasteiger partial charge >= 0.3 is 6.18 Å². The quantitative estimate of drug-likeness (QED) is 0.386. The van der Waals surface area contributed by atoms with E-state index in [1.165, 1.54) is 0 Å². The standard InChI is InChI=1S/C22H20F3N5O4S/c1-27(15-5-3-2-4-6-15)13-18(31)28-7-9-29(10-8-28)21-26-20(32)16-11-14(22(23,24)25)12-17(30(33)34)19(16)35-21/h2-6,11-12H,7-10,13H2,1H3. The number of benzene rings is 2. The molecule has 1 aliphatic rings. The maximum absolute atomic E-state index is 13.2. The molecule has 2 heterocycles. The molecule has 4 rings (SSSR count). The third kappa shape index (κ3) is 5.19. The number of para-hydroxylation sites is 1. The van der Waals surface area contributed by atoms with E-state index in [2.05, 4.69) is 4.98 Å². The fraction of sp³-hybridized carbons (Fsp3) is 0.318. The van der Waals surface area contributed by atoms with Gasteiger partial charge in [0, 0.05) is 45.0 Å². The number of amides is 1. The van der Waals surface area contributed by atoms with Crippen LogP contribution >= 0.6 is 11.3 Å². The number of alkyl halides is 3. The van der Waals surface area contributed by atoms with Crippen molar-refractivity contribution in [1.29, 1.82) is 0 Å². The molecular weight excluding hydrogens is 487 g/mol. The molecule has 0 radical (unpaired) electrons. The van der Waals surface area contributed by atoms with Crippen molar-refractivity contribution in [3.05, 3.63) is 68.5 Å². The van der Waals surface area contributed by atoms with Crippen LogP contribution in [0.5, 0.6) is 0 Å². The summed E-state index contributed by atoms with van der Waals surface area (Å²) >= 11 is 0.794. The first-order valence-electron chi connectivity index (χ1n) is 10.5. The molecule has 9 nitrogen and oxygen atoms in total. The van der Waals surface area contributed by atoms with E-state index >= 15 is 0 Å². The Morgan fingerprint density at radius 1 is 1.17 bits per heavy atom. The number of piperazine rings is 1. The van der Waals surface area contributed by atoms with Gasteiger partial charge in [-0.25, -0.2) is 0 Å². The Hall–Kier alpha value is -3.74. The van der Waals surface area contributed by atoms with Crippen molar-refractivity contribution in [3.63, 3.8) is 0 Å². The van der Waals surface area contributed by atoms with Crippen LogP contribution in [0.15, 0.2) is 47.3 Å². The van der Waals surface area contributed by atoms with E-state index in [4.69, 9.17) is 0 Å². The molecule has 0 saturated carbocycles. The number of halogens is 3. The Morgan fingerprint density at radius 2 is 1.83 bits per heavy atom. The number of hydrogen-bond acceptors (Lipinski definition) is 8. The monoisotopic (exact) mass is 507 g/mol. The van der Waals surface area contributed by atoms with Gasteiger partial charge in [0.1, 0.15) is 4.70 Å². The number of hydrogen-bond donors (Lipinski definition) is 0. The molecule has 184 valence electrons. The van der Waals surface area contributed by atoms with E-state index in [0.29, 0.717) is 38.3 Å². The van der Waals surface area contributed by atoms with Crippen molar-refractivity contribution < 1.29 is 22.9 Å². The molecule has 1 saturated heterocycles. The molecule has 0 atom stereocenters. The topological polar surface area (TPSA) is 99.9 Å². The minimum atomic E-state index is -4.84. The third-order valence-electron chi connectivity index (χ3n) is 5.69. The van der Waals surface area contributed by atoms with Gasteiger partial charge in [0.25, 0.3) is 11.2 Å². The van der Waals surface area contributed by atoms with Crippen LogP contribution in [0.4, 0.5) is 29.7 Å². The molecule has 0 spiro atoms. The highest BCUT2D eigenvalue weighted by molar-refractivity contribution is 7.22. The molecule has 35 heavy (non-hydrogen) atoms. The Kier molecular flexibility index (Phi) is 6.61. The van der Waals surface area contributed by atoms with E-state index in [9.17, 15) is 32.9 Å². The largest absolute Gasteiger partial charge is 0.416 e. The van der Waals surface area contributed by atoms with Gasteiger partial charge in [-0.15, -0.1) is 0 Å². The van der Waals surface area contributed by atoms with Gasteiger partial charge in [0.2, 0.25) is 5.91 Å². The molecule has 0 bridgehead atoms. The van der Waals surface area contributed by atoms with Gasteiger partial charge in [0.05, 0.1) is 22.4 Å². The molecular formula is C22H20F3N5O4S. The van der Waals surface area contributed by atoms with Gasteiger partial charge in [-0.05, 0) is 18.2 Å². The van der Waals surface area contributed by atoms with Gasteiger partial charge < -0.3 is 14.7 Å². The van der Waals surface area contributed by atoms with Crippen LogP contribution < -0.4 is 15.4 Å². The molecule has 0 aliphatic carbocycles. The van der Waals surface area contributed by atoms with E-state index in [1.807, 2.05) is 42.3 Å². The molecule has 0 unspecified atom stereocenters. The smallest absolute Gasteiger partial charge is 0.365 e. The summed E-state index contributed by atoms with van der Waals surface area (Å²) in [6.07, 6.45) is -4.84. The number of nitro groups is 1. The minimum absolute atomic E-state index is 0.0778. The van der Waals surface area contributed by atoms with Crippen LogP contribution in [-0.4, -0.2) is 60.5 Å². The maximum atomic E-state index is 13.2. The maximum Gasteiger partial charge on any atom is 0.416 e. The molecule has 1 aromatic heterocycles. The predicted octanol–water partition coefficient (Wildman–Crippen LogP) is 3.37. The van der Waals surface area contributed by atoms with Gasteiger partial charge in [-0.3, -0.25) is 19.7 Å². The van der Waals surface area contributed by atoms with Gasteiger partial charge in [-0.1, -0.05) is 29.5 Å². The van der Waals surface area contributed by atoms with E-state index < -0.39 is 33.3 Å². The number of carbonyl (C=O) groups is 1. The lowest BCUT2D eigenvalue weighted by Gasteiger charge is -2.35. The molecule has 2 aromatic carbocycles. The normalized spacial score (nSPS) is 14.3. The first-order valence-corrected chi connectivity index (χ1v) is 11.4. The second-order valence-electron chi connectivity index (χ2n) is 7.99. The van der Waals surface area contributed by atoms with Crippen molar-refractivity contribution in [2.75, 3.05) is 49.6 Å². The fourth-order valence-corrected chi connectivity index (χ4v) is 4.92. The number of rotatable bonds is 5. The molecule has 3 aromatic rings. The molecule has 1 fully saturated rings. The predicted molar refractivity (Wildman–Crippen MR) is 126 cm³/mol. The van der Waals surface area contributed by atoms with Gasteiger partial charge in [-0.2, -0.15) is 18.2 Å². The van der Waals surface area contributed by atoms with Gasteiger partial charge in [0.15, 0.2) is 5.13 Å². The summed E-state index contributed by atoms with van der Waals surface area (Å²) in [5.74, 6) is -0.0778. The molecule has 1 amide bonds. The summed E-state index contributed by atoms with van der Waals surface area (Å²) in [6, 6.07) is 10.5. The van der Waals surface area contributed by atoms with E-state index in [1.54, 1.807) is 9.80 Å². The molecule has 1 aliphatic heterocycles. The second kappa shape index (κ2) is 9.49. The van der Waals surface area contributed by atoms with Crippen LogP contribution in [0, 0.1) is 10.1 Å². The number of anilines is 2. The minimum Gasteiger partial charge on any atom is -0.365 e. The molecule has 0 N–H and O–H groups in total. The number of fused-ring (bicyclic) bond motifs is 1. The van der Waals surface area contributed by atoms with Crippen molar-refractivity contribution in [2.45, 2.75) is 6.18 Å². The summed E-state index contributed by atoms with van der Waals surface area (Å²) in [7, 11) is 1.82. The summed E-state index contributed by atoms with van der Waals surface area (Å²) in [5, 5.41) is 11.2. The number of nitrogens with zero attached hydrogens (tertiary/aromatic N) is 5. The van der Waals surface area contributed by atoms with Crippen molar-refractivity contribution in [3.8, 4) is 0 Å². The lowest BCUT2D eigenvalue weighted by atomic mass is 10.1. The average Bonchev–Trinajstić information content (AvgIpc) is 2.83. The number of carbonyl (C=O) groups excluding carboxylic acids is 1. The highest BCUT2D eigenvalue weighted by Gasteiger charge is 2.34. The Bertz CT molecular complexity index is 1320. The number of nitro benzene ring substituents is 1. The summed E-state index contributed by atoms with van der Waals surface area (Å²) < 4.78 is 39.3. The average molecular weight is 507 g/mol. The van der Waals surface area contributed by atoms with E-state index in [0.717, 1.165) is 17.0 Å². The number of likely N-dealkylation sites (N-methyl/N-ethyl adjacent to an activating group) is 1. The van der Waals surface area contributed by atoms with Crippen LogP contribution in [0.2, 0.25) is 0 Å². The SMILES string of the molecule is CN(CC(=O)N1CCN(c2nc(=O)c3cc(C(F)(F)F)cc([N+](=O)[O-])c3s2)CC1)c1ccccc1. The third-order valence-corrected chi connectivity index (χ3v) is 6.85. The van der Waals surface area contributed by atoms with Crippen molar-refractivity contribution in [1.82, 2.24) is 9.88 Å². The van der Waals surface area contributed by atoms with Crippen LogP contribution in [0.3, 0.4) is 0 Å². The van der Waals surface area contributed by atoms with Crippen LogP contribution in [0.1, 0.15) is 5.56 Å². The number of aromatic nitrogens is 1. The zero-order chi connectivity index (χ0) is 25.3. The lowest BCUT2D eigenvalue weighted by molar-refractivity contribution is -0.383. The lowest BCUT2D eigenvalue weighted by Crippen LogP contribution is -2.51.